The van der Waals surface area contributed by atoms with Gasteiger partial charge in [0, 0.05) is 20.1 Å². The van der Waals surface area contributed by atoms with Gasteiger partial charge < -0.3 is 14.9 Å². The Kier molecular flexibility index (Phi) is 4.50. The van der Waals surface area contributed by atoms with Gasteiger partial charge in [-0.15, -0.1) is 0 Å². The minimum Gasteiger partial charge on any atom is -0.479 e. The number of urea groups is 1. The van der Waals surface area contributed by atoms with Crippen LogP contribution in [-0.4, -0.2) is 47.0 Å². The van der Waals surface area contributed by atoms with Crippen LogP contribution in [0.4, 0.5) is 4.79 Å². The Morgan fingerprint density at radius 2 is 2.05 bits per heavy atom. The van der Waals surface area contributed by atoms with E-state index < -0.39 is 12.0 Å². The van der Waals surface area contributed by atoms with E-state index in [1.807, 2.05) is 32.0 Å². The van der Waals surface area contributed by atoms with Crippen LogP contribution in [0.25, 0.3) is 0 Å². The van der Waals surface area contributed by atoms with Gasteiger partial charge in [0.15, 0.2) is 6.04 Å². The maximum absolute atomic E-state index is 12.5. The summed E-state index contributed by atoms with van der Waals surface area (Å²) in [4.78, 5) is 27.3. The van der Waals surface area contributed by atoms with Gasteiger partial charge in [-0.2, -0.15) is 0 Å². The number of carbonyl (C=O) groups excluding carboxylic acids is 1. The van der Waals surface area contributed by atoms with Crippen molar-refractivity contribution in [3.05, 3.63) is 35.4 Å². The molecule has 0 aromatic heterocycles. The number of nitrogens with zero attached hydrogens (tertiary/aromatic N) is 2. The van der Waals surface area contributed by atoms with Gasteiger partial charge in [0.1, 0.15) is 0 Å². The Morgan fingerprint density at radius 3 is 2.67 bits per heavy atom. The highest BCUT2D eigenvalue weighted by molar-refractivity contribution is 5.84. The number of amides is 2. The van der Waals surface area contributed by atoms with Crippen LogP contribution < -0.4 is 0 Å². The van der Waals surface area contributed by atoms with Crippen molar-refractivity contribution in [1.82, 2.24) is 9.80 Å². The molecule has 0 aliphatic carbocycles. The van der Waals surface area contributed by atoms with E-state index in [0.717, 1.165) is 11.1 Å². The van der Waals surface area contributed by atoms with Crippen molar-refractivity contribution in [2.45, 2.75) is 26.3 Å². The first kappa shape index (κ1) is 15.4. The Morgan fingerprint density at radius 1 is 1.38 bits per heavy atom. The highest BCUT2D eigenvalue weighted by Crippen LogP contribution is 2.30. The van der Waals surface area contributed by atoms with Crippen LogP contribution in [-0.2, 0) is 11.2 Å². The Hall–Kier alpha value is -2.04. The maximum atomic E-state index is 12.5. The lowest BCUT2D eigenvalue weighted by molar-refractivity contribution is -0.143. The SMILES string of the molecule is CC(C)CN(C)C(=O)N1CCc2ccccc2C1C(=O)O. The standard InChI is InChI=1S/C16H22N2O3/c1-11(2)10-17(3)16(21)18-9-8-12-6-4-5-7-13(12)14(18)15(19)20/h4-7,11,14H,8-10H2,1-3H3,(H,19,20). The molecule has 1 aliphatic heterocycles. The molecule has 2 amide bonds. The summed E-state index contributed by atoms with van der Waals surface area (Å²) >= 11 is 0. The third kappa shape index (κ3) is 3.17. The number of carbonyl (C=O) groups is 2. The molecule has 0 spiro atoms. The van der Waals surface area contributed by atoms with Gasteiger partial charge in [-0.05, 0) is 23.5 Å². The molecular formula is C16H22N2O3. The second kappa shape index (κ2) is 6.16. The van der Waals surface area contributed by atoms with Crippen LogP contribution in [0.1, 0.15) is 31.0 Å². The largest absolute Gasteiger partial charge is 0.479 e. The van der Waals surface area contributed by atoms with Crippen LogP contribution in [0.2, 0.25) is 0 Å². The topological polar surface area (TPSA) is 60.9 Å². The number of carboxylic acids is 1. The fourth-order valence-corrected chi connectivity index (χ4v) is 2.88. The van der Waals surface area contributed by atoms with Crippen LogP contribution >= 0.6 is 0 Å². The van der Waals surface area contributed by atoms with Crippen LogP contribution in [0.3, 0.4) is 0 Å². The highest BCUT2D eigenvalue weighted by Gasteiger charge is 2.36. The zero-order chi connectivity index (χ0) is 15.6. The first-order valence-electron chi connectivity index (χ1n) is 7.24. The molecule has 0 saturated carbocycles. The first-order chi connectivity index (χ1) is 9.91. The molecule has 21 heavy (non-hydrogen) atoms. The first-order valence-corrected chi connectivity index (χ1v) is 7.24. The van der Waals surface area contributed by atoms with Gasteiger partial charge in [-0.25, -0.2) is 9.59 Å². The Bertz CT molecular complexity index is 542. The summed E-state index contributed by atoms with van der Waals surface area (Å²) in [5.74, 6) is -0.632. The lowest BCUT2D eigenvalue weighted by Gasteiger charge is -2.37. The number of carboxylic acid groups (broad SMARTS) is 1. The van der Waals surface area contributed by atoms with E-state index >= 15 is 0 Å². The number of rotatable bonds is 3. The molecule has 1 heterocycles. The van der Waals surface area contributed by atoms with E-state index in [2.05, 4.69) is 0 Å². The van der Waals surface area contributed by atoms with Gasteiger partial charge in [-0.3, -0.25) is 0 Å². The van der Waals surface area contributed by atoms with Crippen molar-refractivity contribution in [2.24, 2.45) is 5.92 Å². The summed E-state index contributed by atoms with van der Waals surface area (Å²) < 4.78 is 0. The van der Waals surface area contributed by atoms with Crippen molar-refractivity contribution in [2.75, 3.05) is 20.1 Å². The molecule has 1 atom stereocenters. The van der Waals surface area contributed by atoms with E-state index in [1.165, 1.54) is 4.90 Å². The van der Waals surface area contributed by atoms with Gasteiger partial charge in [0.25, 0.3) is 0 Å². The summed E-state index contributed by atoms with van der Waals surface area (Å²) in [5.41, 5.74) is 1.74. The van der Waals surface area contributed by atoms with Gasteiger partial charge in [-0.1, -0.05) is 38.1 Å². The zero-order valence-corrected chi connectivity index (χ0v) is 12.7. The number of fused-ring (bicyclic) bond motifs is 1. The molecule has 0 saturated heterocycles. The third-order valence-electron chi connectivity index (χ3n) is 3.73. The Labute approximate surface area is 125 Å². The number of benzene rings is 1. The van der Waals surface area contributed by atoms with E-state index in [1.54, 1.807) is 18.0 Å². The molecule has 2 rings (SSSR count). The average molecular weight is 290 g/mol. The molecule has 1 N–H and O–H groups in total. The maximum Gasteiger partial charge on any atom is 0.331 e. The van der Waals surface area contributed by atoms with Crippen molar-refractivity contribution < 1.29 is 14.7 Å². The molecule has 114 valence electrons. The molecule has 1 aromatic carbocycles. The fourth-order valence-electron chi connectivity index (χ4n) is 2.88. The molecule has 0 radical (unpaired) electrons. The number of aliphatic carboxylic acids is 1. The lowest BCUT2D eigenvalue weighted by Crippen LogP contribution is -2.49. The second-order valence-corrected chi connectivity index (χ2v) is 5.94. The number of hydrogen-bond donors (Lipinski definition) is 1. The summed E-state index contributed by atoms with van der Waals surface area (Å²) in [6.45, 7) is 5.12. The van der Waals surface area contributed by atoms with Crippen LogP contribution in [0.5, 0.6) is 0 Å². The van der Waals surface area contributed by atoms with E-state index in [0.29, 0.717) is 25.4 Å². The predicted octanol–water partition coefficient (Wildman–Crippen LogP) is 2.38. The van der Waals surface area contributed by atoms with Crippen molar-refractivity contribution in [1.29, 1.82) is 0 Å². The average Bonchev–Trinajstić information content (AvgIpc) is 2.44. The highest BCUT2D eigenvalue weighted by atomic mass is 16.4. The fraction of sp³-hybridized carbons (Fsp3) is 0.500. The minimum absolute atomic E-state index is 0.217. The van der Waals surface area contributed by atoms with E-state index in [4.69, 9.17) is 0 Å². The predicted molar refractivity (Wildman–Crippen MR) is 80.1 cm³/mol. The Balaban J connectivity index is 2.28. The molecule has 1 aliphatic rings. The molecule has 0 bridgehead atoms. The van der Waals surface area contributed by atoms with Gasteiger partial charge in [0.05, 0.1) is 0 Å². The minimum atomic E-state index is -0.978. The van der Waals surface area contributed by atoms with Crippen LogP contribution in [0.15, 0.2) is 24.3 Å². The van der Waals surface area contributed by atoms with Gasteiger partial charge in [0.2, 0.25) is 0 Å². The van der Waals surface area contributed by atoms with E-state index in [9.17, 15) is 14.7 Å². The van der Waals surface area contributed by atoms with Crippen molar-refractivity contribution >= 4 is 12.0 Å². The summed E-state index contributed by atoms with van der Waals surface area (Å²) in [5, 5.41) is 9.56. The molecular weight excluding hydrogens is 268 g/mol. The molecule has 1 aromatic rings. The normalized spacial score (nSPS) is 17.5. The second-order valence-electron chi connectivity index (χ2n) is 5.94. The summed E-state index contributed by atoms with van der Waals surface area (Å²) in [6.07, 6.45) is 0.696. The molecule has 5 nitrogen and oxygen atoms in total. The zero-order valence-electron chi connectivity index (χ0n) is 12.7. The summed E-state index contributed by atoms with van der Waals surface area (Å²) in [6, 6.07) is 6.35. The number of hydrogen-bond acceptors (Lipinski definition) is 2. The van der Waals surface area contributed by atoms with Crippen LogP contribution in [0, 0.1) is 5.92 Å². The lowest BCUT2D eigenvalue weighted by atomic mass is 9.93. The molecule has 0 fully saturated rings. The van der Waals surface area contributed by atoms with E-state index in [-0.39, 0.29) is 6.03 Å². The van der Waals surface area contributed by atoms with Gasteiger partial charge >= 0.3 is 12.0 Å². The molecule has 5 heteroatoms. The van der Waals surface area contributed by atoms with Crippen molar-refractivity contribution in [3.63, 3.8) is 0 Å². The molecule has 1 unspecified atom stereocenters. The third-order valence-corrected chi connectivity index (χ3v) is 3.73. The summed E-state index contributed by atoms with van der Waals surface area (Å²) in [7, 11) is 1.72. The monoisotopic (exact) mass is 290 g/mol. The van der Waals surface area contributed by atoms with Crippen molar-refractivity contribution in [3.8, 4) is 0 Å². The smallest absolute Gasteiger partial charge is 0.331 e. The quantitative estimate of drug-likeness (QED) is 0.929.